The first-order chi connectivity index (χ1) is 22.5. The zero-order chi connectivity index (χ0) is 34.1. The van der Waals surface area contributed by atoms with Crippen molar-refractivity contribution in [2.24, 2.45) is 5.73 Å². The van der Waals surface area contributed by atoms with Crippen molar-refractivity contribution in [3.05, 3.63) is 83.2 Å². The van der Waals surface area contributed by atoms with E-state index in [4.69, 9.17) is 5.73 Å². The van der Waals surface area contributed by atoms with E-state index in [1.54, 1.807) is 0 Å². The zero-order valence-corrected chi connectivity index (χ0v) is 27.9. The van der Waals surface area contributed by atoms with Gasteiger partial charge in [-0.3, -0.25) is 24.2 Å². The van der Waals surface area contributed by atoms with Crippen molar-refractivity contribution in [2.75, 3.05) is 25.8 Å². The van der Waals surface area contributed by atoms with Crippen LogP contribution < -0.4 is 21.7 Å². The first-order valence-corrected chi connectivity index (χ1v) is 16.8. The Balaban J connectivity index is 1.44. The quantitative estimate of drug-likeness (QED) is 0.107. The van der Waals surface area contributed by atoms with Crippen LogP contribution in [0, 0.1) is 0 Å². The average molecular weight is 679 g/mol. The van der Waals surface area contributed by atoms with Gasteiger partial charge in [0.15, 0.2) is 0 Å². The number of hydrogen-bond donors (Lipinski definition) is 5. The molecule has 0 saturated heterocycles. The van der Waals surface area contributed by atoms with Crippen LogP contribution in [0.1, 0.15) is 18.1 Å². The molecule has 4 aromatic rings. The van der Waals surface area contributed by atoms with Gasteiger partial charge in [0, 0.05) is 44.3 Å². The van der Waals surface area contributed by atoms with E-state index in [0.29, 0.717) is 0 Å². The number of carbonyl (C=O) groups is 5. The molecular formula is C33H38N6O6S2. The number of hydrazine groups is 1. The number of rotatable bonds is 13. The predicted molar refractivity (Wildman–Crippen MR) is 184 cm³/mol. The fourth-order valence-corrected chi connectivity index (χ4v) is 6.60. The summed E-state index contributed by atoms with van der Waals surface area (Å²) >= 11 is 2.52. The number of likely N-dealkylation sites (N-methyl/N-ethyl adjacent to an activating group) is 1. The average Bonchev–Trinajstić information content (AvgIpc) is 3.47. The highest BCUT2D eigenvalue weighted by atomic mass is 32.2. The van der Waals surface area contributed by atoms with Gasteiger partial charge in [-0.2, -0.15) is 0 Å². The number of nitrogens with one attached hydrogen (secondary N) is 3. The monoisotopic (exact) mass is 678 g/mol. The Kier molecular flexibility index (Phi) is 12.2. The molecule has 6 N–H and O–H groups in total. The molecular weight excluding hydrogens is 641 g/mol. The van der Waals surface area contributed by atoms with Gasteiger partial charge in [0.05, 0.1) is 5.94 Å². The van der Waals surface area contributed by atoms with Crippen molar-refractivity contribution in [3.63, 3.8) is 0 Å². The fraction of sp³-hybridized carbons (Fsp3) is 0.303. The minimum atomic E-state index is -1.17. The van der Waals surface area contributed by atoms with E-state index in [-0.39, 0.29) is 24.5 Å². The lowest BCUT2D eigenvalue weighted by Crippen LogP contribution is -2.60. The van der Waals surface area contributed by atoms with Crippen LogP contribution in [-0.4, -0.2) is 88.7 Å². The van der Waals surface area contributed by atoms with Gasteiger partial charge in [0.2, 0.25) is 17.7 Å². The minimum absolute atomic E-state index is 0.0130. The van der Waals surface area contributed by atoms with E-state index in [2.05, 4.69) is 16.0 Å². The molecule has 0 radical (unpaired) electrons. The summed E-state index contributed by atoms with van der Waals surface area (Å²) in [5.74, 6) is -2.76. The number of carbonyl (C=O) groups excluding carboxylic acids is 5. The van der Waals surface area contributed by atoms with Gasteiger partial charge in [-0.25, -0.2) is 9.80 Å². The Morgan fingerprint density at radius 3 is 2.26 bits per heavy atom. The summed E-state index contributed by atoms with van der Waals surface area (Å²) < 4.78 is 1.04. The van der Waals surface area contributed by atoms with Crippen LogP contribution in [0.3, 0.4) is 0 Å². The lowest BCUT2D eigenvalue weighted by atomic mass is 10.0. The van der Waals surface area contributed by atoms with E-state index in [0.717, 1.165) is 53.8 Å². The Bertz CT molecular complexity index is 1760. The number of nitrogens with zero attached hydrogens (tertiary/aromatic N) is 2. The molecule has 0 spiro atoms. The molecule has 1 aromatic heterocycles. The number of aliphatic hydroxyl groups excluding tert-OH is 1. The third kappa shape index (κ3) is 9.21. The highest BCUT2D eigenvalue weighted by Crippen LogP contribution is 2.26. The molecule has 0 aliphatic rings. The molecule has 0 aliphatic carbocycles. The molecule has 14 heteroatoms. The van der Waals surface area contributed by atoms with Crippen molar-refractivity contribution >= 4 is 73.6 Å². The Morgan fingerprint density at radius 2 is 1.55 bits per heavy atom. The Labute approximate surface area is 280 Å². The number of urea groups is 1. The van der Waals surface area contributed by atoms with Crippen LogP contribution in [0.25, 0.3) is 20.9 Å². The lowest BCUT2D eigenvalue weighted by Gasteiger charge is -2.33. The molecule has 3 aromatic carbocycles. The van der Waals surface area contributed by atoms with Crippen molar-refractivity contribution < 1.29 is 29.1 Å². The van der Waals surface area contributed by atoms with E-state index in [1.165, 1.54) is 32.4 Å². The summed E-state index contributed by atoms with van der Waals surface area (Å²) in [7, 11) is 2.68. The number of thiophene rings is 1. The van der Waals surface area contributed by atoms with Gasteiger partial charge in [-0.05, 0) is 38.7 Å². The number of primary amides is 1. The summed E-state index contributed by atoms with van der Waals surface area (Å²) in [4.78, 5) is 64.7. The molecule has 0 saturated carbocycles. The number of thioether (sulfide) groups is 1. The third-order valence-electron chi connectivity index (χ3n) is 7.63. The summed E-state index contributed by atoms with van der Waals surface area (Å²) in [6.07, 6.45) is 0.320. The van der Waals surface area contributed by atoms with Gasteiger partial charge in [-0.1, -0.05) is 60.7 Å². The third-order valence-corrected chi connectivity index (χ3v) is 9.39. The van der Waals surface area contributed by atoms with Gasteiger partial charge < -0.3 is 26.8 Å². The molecule has 0 fully saturated rings. The van der Waals surface area contributed by atoms with Crippen LogP contribution in [0.5, 0.6) is 0 Å². The summed E-state index contributed by atoms with van der Waals surface area (Å²) in [5, 5.41) is 24.3. The normalized spacial score (nSPS) is 12.9. The molecule has 47 heavy (non-hydrogen) atoms. The maximum atomic E-state index is 13.6. The van der Waals surface area contributed by atoms with Crippen molar-refractivity contribution in [1.29, 1.82) is 0 Å². The summed E-state index contributed by atoms with van der Waals surface area (Å²) in [6.45, 7) is 1.30. The number of benzene rings is 3. The number of nitrogens with two attached hydrogens (primary N) is 1. The molecule has 4 rings (SSSR count). The Hall–Kier alpha value is -4.66. The fourth-order valence-electron chi connectivity index (χ4n) is 5.06. The van der Waals surface area contributed by atoms with Crippen LogP contribution in [-0.2, 0) is 32.0 Å². The molecule has 248 valence electrons. The summed E-state index contributed by atoms with van der Waals surface area (Å²) in [5.41, 5.74) is 7.28. The van der Waals surface area contributed by atoms with Gasteiger partial charge >= 0.3 is 6.03 Å². The highest BCUT2D eigenvalue weighted by Gasteiger charge is 2.32. The van der Waals surface area contributed by atoms with Crippen molar-refractivity contribution in [3.8, 4) is 0 Å². The molecule has 6 amide bonds. The Morgan fingerprint density at radius 1 is 0.851 bits per heavy atom. The lowest BCUT2D eigenvalue weighted by molar-refractivity contribution is -0.143. The van der Waals surface area contributed by atoms with Gasteiger partial charge in [0.25, 0.3) is 5.91 Å². The molecule has 3 atom stereocenters. The predicted octanol–water partition coefficient (Wildman–Crippen LogP) is 2.38. The maximum Gasteiger partial charge on any atom is 0.336 e. The topological polar surface area (TPSA) is 174 Å². The van der Waals surface area contributed by atoms with E-state index in [9.17, 15) is 29.1 Å². The highest BCUT2D eigenvalue weighted by molar-refractivity contribution is 7.99. The largest absolute Gasteiger partial charge is 0.386 e. The van der Waals surface area contributed by atoms with E-state index < -0.39 is 47.8 Å². The smallest absolute Gasteiger partial charge is 0.336 e. The van der Waals surface area contributed by atoms with E-state index >= 15 is 0 Å². The number of fused-ring (bicyclic) bond motifs is 2. The number of amides is 6. The molecule has 0 unspecified atom stereocenters. The standard InChI is InChI=1S/C33H38N6O6S2/c1-20(41)35-27(16-24-17-47-29-11-7-6-10-25(24)29)31(43)36-28(18-46-19-40)32(44)38(2)39(3)33(45)37-26(30(34)42)15-21-12-13-22-8-4-5-9-23(22)14-21/h4-14,17,26-28,40H,15-16,18-19H2,1-3H3,(H2,34,42)(H,35,41)(H,36,43)(H,37,45)/t26-,27-,28-/m0/s1. The second-order valence-electron chi connectivity index (χ2n) is 11.0. The molecule has 0 bridgehead atoms. The van der Waals surface area contributed by atoms with Gasteiger partial charge in [-0.15, -0.1) is 23.1 Å². The number of aliphatic hydroxyl groups is 1. The second kappa shape index (κ2) is 16.3. The van der Waals surface area contributed by atoms with Crippen LogP contribution in [0.15, 0.2) is 72.1 Å². The minimum Gasteiger partial charge on any atom is -0.386 e. The maximum absolute atomic E-state index is 13.6. The molecule has 1 heterocycles. The van der Waals surface area contributed by atoms with Crippen LogP contribution in [0.2, 0.25) is 0 Å². The number of hydrogen-bond acceptors (Lipinski definition) is 8. The first kappa shape index (κ1) is 35.2. The van der Waals surface area contributed by atoms with Crippen LogP contribution in [0.4, 0.5) is 4.79 Å². The van der Waals surface area contributed by atoms with Crippen LogP contribution >= 0.6 is 23.1 Å². The molecule has 0 aliphatic heterocycles. The second-order valence-corrected chi connectivity index (χ2v) is 12.9. The van der Waals surface area contributed by atoms with Crippen molar-refractivity contribution in [1.82, 2.24) is 26.0 Å². The zero-order valence-electron chi connectivity index (χ0n) is 26.3. The summed E-state index contributed by atoms with van der Waals surface area (Å²) in [6, 6.07) is 17.1. The van der Waals surface area contributed by atoms with Crippen molar-refractivity contribution in [2.45, 2.75) is 37.9 Å². The van der Waals surface area contributed by atoms with E-state index in [1.807, 2.05) is 72.1 Å². The molecule has 12 nitrogen and oxygen atoms in total. The first-order valence-electron chi connectivity index (χ1n) is 14.8. The van der Waals surface area contributed by atoms with Gasteiger partial charge in [0.1, 0.15) is 18.1 Å². The SMILES string of the molecule is CC(=O)N[C@@H](Cc1csc2ccccc12)C(=O)N[C@@H](CSCO)C(=O)N(C)N(C)C(=O)N[C@@H](Cc1ccc2ccccc2c1)C(N)=O.